The molecule has 21 heavy (non-hydrogen) atoms. The fraction of sp³-hybridized carbons (Fsp3) is 0.625. The molecular formula is C16H24N4S. The molecule has 0 saturated carbocycles. The fourth-order valence-electron chi connectivity index (χ4n) is 3.27. The Hall–Kier alpha value is -1.36. The van der Waals surface area contributed by atoms with Gasteiger partial charge < -0.3 is 10.6 Å². The largest absolute Gasteiger partial charge is 0.368 e. The second kappa shape index (κ2) is 5.44. The van der Waals surface area contributed by atoms with Crippen LogP contribution < -0.4 is 10.6 Å². The third-order valence-corrected chi connectivity index (χ3v) is 5.38. The van der Waals surface area contributed by atoms with E-state index in [2.05, 4.69) is 47.1 Å². The van der Waals surface area contributed by atoms with E-state index in [9.17, 15) is 0 Å². The number of hydrogen-bond donors (Lipinski definition) is 1. The topological polar surface area (TPSA) is 55.0 Å². The third-order valence-electron chi connectivity index (χ3n) is 4.57. The molecule has 5 heteroatoms. The molecule has 1 aliphatic rings. The Bertz CT molecular complexity index is 629. The predicted molar refractivity (Wildman–Crippen MR) is 90.8 cm³/mol. The molecule has 3 rings (SSSR count). The van der Waals surface area contributed by atoms with Crippen LogP contribution >= 0.6 is 11.3 Å². The molecule has 1 saturated heterocycles. The number of nitrogen functional groups attached to an aromatic ring is 1. The summed E-state index contributed by atoms with van der Waals surface area (Å²) in [6.45, 7) is 9.19. The van der Waals surface area contributed by atoms with Gasteiger partial charge in [-0.25, -0.2) is 4.98 Å². The van der Waals surface area contributed by atoms with Crippen molar-refractivity contribution in [3.05, 3.63) is 11.4 Å². The van der Waals surface area contributed by atoms with Gasteiger partial charge in [0.05, 0.1) is 5.39 Å². The number of rotatable bonds is 1. The maximum Gasteiger partial charge on any atom is 0.223 e. The Morgan fingerprint density at radius 2 is 2.05 bits per heavy atom. The van der Waals surface area contributed by atoms with Crippen LogP contribution in [0.15, 0.2) is 11.4 Å². The number of aromatic nitrogens is 2. The van der Waals surface area contributed by atoms with Crippen LogP contribution in [0.2, 0.25) is 0 Å². The molecule has 4 nitrogen and oxygen atoms in total. The number of nitrogens with two attached hydrogens (primary N) is 1. The summed E-state index contributed by atoms with van der Waals surface area (Å²) < 4.78 is 0. The number of anilines is 2. The van der Waals surface area contributed by atoms with Gasteiger partial charge in [-0.05, 0) is 42.0 Å². The van der Waals surface area contributed by atoms with E-state index in [4.69, 9.17) is 5.73 Å². The predicted octanol–water partition coefficient (Wildman–Crippen LogP) is 3.93. The first-order valence-electron chi connectivity index (χ1n) is 7.71. The van der Waals surface area contributed by atoms with Crippen LogP contribution in [0.5, 0.6) is 0 Å². The van der Waals surface area contributed by atoms with Gasteiger partial charge in [0.1, 0.15) is 10.6 Å². The molecule has 2 aromatic heterocycles. The SMILES string of the molecule is CC(C)(C)C1CCCN(c2nc(N)nc3sccc23)CC1. The van der Waals surface area contributed by atoms with Gasteiger partial charge in [-0.1, -0.05) is 20.8 Å². The van der Waals surface area contributed by atoms with E-state index >= 15 is 0 Å². The minimum atomic E-state index is 0.386. The Morgan fingerprint density at radius 1 is 1.24 bits per heavy atom. The third kappa shape index (κ3) is 2.98. The highest BCUT2D eigenvalue weighted by molar-refractivity contribution is 7.16. The lowest BCUT2D eigenvalue weighted by molar-refractivity contribution is 0.220. The van der Waals surface area contributed by atoms with Crippen molar-refractivity contribution in [2.45, 2.75) is 40.0 Å². The average molecular weight is 304 g/mol. The van der Waals surface area contributed by atoms with Gasteiger partial charge in [0.15, 0.2) is 0 Å². The number of fused-ring (bicyclic) bond motifs is 1. The molecule has 2 aromatic rings. The summed E-state index contributed by atoms with van der Waals surface area (Å²) in [6.07, 6.45) is 3.74. The van der Waals surface area contributed by atoms with Gasteiger partial charge in [0.25, 0.3) is 0 Å². The van der Waals surface area contributed by atoms with Crippen LogP contribution in [0.25, 0.3) is 10.2 Å². The highest BCUT2D eigenvalue weighted by Crippen LogP contribution is 2.36. The van der Waals surface area contributed by atoms with Crippen molar-refractivity contribution in [3.63, 3.8) is 0 Å². The molecule has 114 valence electrons. The van der Waals surface area contributed by atoms with Gasteiger partial charge in [-0.3, -0.25) is 0 Å². The van der Waals surface area contributed by atoms with E-state index in [1.165, 1.54) is 19.3 Å². The molecule has 0 aliphatic carbocycles. The fourth-order valence-corrected chi connectivity index (χ4v) is 4.04. The van der Waals surface area contributed by atoms with Gasteiger partial charge in [-0.2, -0.15) is 4.98 Å². The molecule has 3 heterocycles. The molecule has 0 aromatic carbocycles. The molecule has 1 fully saturated rings. The van der Waals surface area contributed by atoms with Crippen molar-refractivity contribution in [2.75, 3.05) is 23.7 Å². The Balaban J connectivity index is 1.88. The zero-order valence-corrected chi connectivity index (χ0v) is 13.9. The minimum absolute atomic E-state index is 0.386. The summed E-state index contributed by atoms with van der Waals surface area (Å²) in [5.41, 5.74) is 6.27. The molecular weight excluding hydrogens is 280 g/mol. The van der Waals surface area contributed by atoms with Crippen LogP contribution in [-0.2, 0) is 0 Å². The Labute approximate surface area is 130 Å². The van der Waals surface area contributed by atoms with Crippen molar-refractivity contribution in [2.24, 2.45) is 11.3 Å². The molecule has 2 N–H and O–H groups in total. The Kier molecular flexibility index (Phi) is 3.78. The summed E-state index contributed by atoms with van der Waals surface area (Å²) in [6, 6.07) is 2.11. The molecule has 1 atom stereocenters. The normalized spacial score (nSPS) is 20.7. The van der Waals surface area contributed by atoms with Gasteiger partial charge in [0, 0.05) is 13.1 Å². The zero-order chi connectivity index (χ0) is 15.0. The van der Waals surface area contributed by atoms with Crippen molar-refractivity contribution in [3.8, 4) is 0 Å². The van der Waals surface area contributed by atoms with Gasteiger partial charge >= 0.3 is 0 Å². The highest BCUT2D eigenvalue weighted by atomic mass is 32.1. The van der Waals surface area contributed by atoms with Crippen LogP contribution in [0.1, 0.15) is 40.0 Å². The summed E-state index contributed by atoms with van der Waals surface area (Å²) in [5.74, 6) is 2.18. The number of nitrogens with zero attached hydrogens (tertiary/aromatic N) is 3. The van der Waals surface area contributed by atoms with Crippen LogP contribution in [-0.4, -0.2) is 23.1 Å². The zero-order valence-electron chi connectivity index (χ0n) is 13.1. The minimum Gasteiger partial charge on any atom is -0.368 e. The second-order valence-corrected chi connectivity index (χ2v) is 7.92. The lowest BCUT2D eigenvalue weighted by atomic mass is 9.77. The van der Waals surface area contributed by atoms with Gasteiger partial charge in [-0.15, -0.1) is 11.3 Å². The van der Waals surface area contributed by atoms with Gasteiger partial charge in [0.2, 0.25) is 5.95 Å². The number of hydrogen-bond acceptors (Lipinski definition) is 5. The molecule has 0 amide bonds. The standard InChI is InChI=1S/C16H24N4S/c1-16(2,3)11-5-4-8-20(9-6-11)13-12-7-10-21-14(12)19-15(17)18-13/h7,10-11H,4-6,8-9H2,1-3H3,(H2,17,18,19). The maximum atomic E-state index is 5.88. The van der Waals surface area contributed by atoms with Crippen molar-refractivity contribution < 1.29 is 0 Å². The summed E-state index contributed by atoms with van der Waals surface area (Å²) in [5, 5.41) is 3.21. The highest BCUT2D eigenvalue weighted by Gasteiger charge is 2.28. The first-order valence-corrected chi connectivity index (χ1v) is 8.59. The first kappa shape index (κ1) is 14.6. The lowest BCUT2D eigenvalue weighted by Gasteiger charge is -2.30. The van der Waals surface area contributed by atoms with E-state index < -0.39 is 0 Å². The summed E-state index contributed by atoms with van der Waals surface area (Å²) in [4.78, 5) is 12.2. The molecule has 0 spiro atoms. The van der Waals surface area contributed by atoms with Crippen LogP contribution in [0.3, 0.4) is 0 Å². The second-order valence-electron chi connectivity index (χ2n) is 7.03. The summed E-state index contributed by atoms with van der Waals surface area (Å²) in [7, 11) is 0. The van der Waals surface area contributed by atoms with E-state index in [0.717, 1.165) is 35.0 Å². The molecule has 0 radical (unpaired) electrons. The quantitative estimate of drug-likeness (QED) is 0.867. The Morgan fingerprint density at radius 3 is 2.81 bits per heavy atom. The molecule has 1 unspecified atom stereocenters. The monoisotopic (exact) mass is 304 g/mol. The first-order chi connectivity index (χ1) is 9.95. The van der Waals surface area contributed by atoms with E-state index in [0.29, 0.717) is 11.4 Å². The molecule has 1 aliphatic heterocycles. The summed E-state index contributed by atoms with van der Waals surface area (Å²) >= 11 is 1.63. The van der Waals surface area contributed by atoms with Crippen LogP contribution in [0, 0.1) is 11.3 Å². The lowest BCUT2D eigenvalue weighted by Crippen LogP contribution is -2.27. The smallest absolute Gasteiger partial charge is 0.223 e. The van der Waals surface area contributed by atoms with E-state index in [1.54, 1.807) is 11.3 Å². The van der Waals surface area contributed by atoms with Crippen molar-refractivity contribution >= 4 is 33.3 Å². The van der Waals surface area contributed by atoms with Crippen LogP contribution in [0.4, 0.5) is 11.8 Å². The van der Waals surface area contributed by atoms with Crippen molar-refractivity contribution in [1.82, 2.24) is 9.97 Å². The van der Waals surface area contributed by atoms with Crippen molar-refractivity contribution in [1.29, 1.82) is 0 Å². The number of thiophene rings is 1. The maximum absolute atomic E-state index is 5.88. The molecule has 0 bridgehead atoms. The average Bonchev–Trinajstić information content (AvgIpc) is 2.71. The van der Waals surface area contributed by atoms with E-state index in [-0.39, 0.29) is 0 Å². The van der Waals surface area contributed by atoms with E-state index in [1.807, 2.05) is 0 Å².